The Balaban J connectivity index is 0.000000868. The molecule has 2 rings (SSSR count). The van der Waals surface area contributed by atoms with Gasteiger partial charge in [-0.1, -0.05) is 58.1 Å². The largest absolute Gasteiger partial charge is 0.0683 e. The van der Waals surface area contributed by atoms with Crippen molar-refractivity contribution >= 4 is 71.0 Å². The third kappa shape index (κ3) is 9.76. The third-order valence-corrected chi connectivity index (χ3v) is 3.99. The van der Waals surface area contributed by atoms with E-state index in [4.69, 9.17) is 0 Å². The van der Waals surface area contributed by atoms with Crippen LogP contribution in [0.15, 0.2) is 36.4 Å². The number of hydrogen-bond acceptors (Lipinski definition) is 2. The fraction of sp³-hybridized carbons (Fsp3) is 0.263. The summed E-state index contributed by atoms with van der Waals surface area (Å²) in [6.45, 7) is 8.25. The molecular weight excluding hydrogens is 546 g/mol. The maximum absolute atomic E-state index is 3.11. The van der Waals surface area contributed by atoms with Crippen LogP contribution >= 0.6 is 60.3 Å². The van der Waals surface area contributed by atoms with Gasteiger partial charge >= 0.3 is 0 Å². The number of benzene rings is 2. The number of fused-ring (bicyclic) bond motifs is 1. The summed E-state index contributed by atoms with van der Waals surface area (Å²) in [5.74, 6) is 6.23. The van der Waals surface area contributed by atoms with E-state index in [1.807, 2.05) is 26.0 Å². The van der Waals surface area contributed by atoms with Gasteiger partial charge in [0.1, 0.15) is 0 Å². The normalized spacial score (nSPS) is 8.26. The second-order valence-electron chi connectivity index (χ2n) is 4.09. The standard InChI is InChI=1S/C14H6I2S2.C3H8.C2H6/c15-17-7-5-11-1-3-13-4-2-12(6-8-18-16)10-14(13)9-11;1-3-2;1-2/h1-4,9-10H;3H2,1-2H3;1-2H3. The SMILES string of the molecule is CC.CCC.ISC#Cc1ccc2ccc(C#CSI)cc2c1. The Hall–Kier alpha value is -0.0200. The molecule has 0 aliphatic heterocycles. The van der Waals surface area contributed by atoms with Gasteiger partial charge in [0.25, 0.3) is 0 Å². The second kappa shape index (κ2) is 15.5. The average Bonchev–Trinajstić information content (AvgIpc) is 2.60. The van der Waals surface area contributed by atoms with Gasteiger partial charge in [0.05, 0.1) is 0 Å². The summed E-state index contributed by atoms with van der Waals surface area (Å²) in [6, 6.07) is 12.5. The van der Waals surface area contributed by atoms with Gasteiger partial charge in [-0.25, -0.2) is 0 Å². The molecule has 4 heteroatoms. The average molecular weight is 566 g/mol. The van der Waals surface area contributed by atoms with Crippen molar-refractivity contribution in [2.75, 3.05) is 0 Å². The first kappa shape index (κ1) is 23.0. The van der Waals surface area contributed by atoms with Gasteiger partial charge in [-0.15, -0.1) is 0 Å². The molecule has 0 heterocycles. The highest BCUT2D eigenvalue weighted by atomic mass is 127. The van der Waals surface area contributed by atoms with Gasteiger partial charge in [0.15, 0.2) is 0 Å². The summed E-state index contributed by atoms with van der Waals surface area (Å²) < 4.78 is 0. The molecule has 0 saturated heterocycles. The van der Waals surface area contributed by atoms with E-state index in [2.05, 4.69) is 103 Å². The lowest BCUT2D eigenvalue weighted by Gasteiger charge is -1.99. The molecule has 122 valence electrons. The van der Waals surface area contributed by atoms with Crippen LogP contribution in [0.4, 0.5) is 0 Å². The Morgan fingerprint density at radius 1 is 0.783 bits per heavy atom. The van der Waals surface area contributed by atoms with Crippen LogP contribution in [0.25, 0.3) is 10.8 Å². The van der Waals surface area contributed by atoms with E-state index in [1.165, 1.54) is 35.1 Å². The minimum Gasteiger partial charge on any atom is -0.0683 e. The fourth-order valence-corrected chi connectivity index (χ4v) is 2.53. The molecule has 2 aromatic carbocycles. The van der Waals surface area contributed by atoms with Crippen molar-refractivity contribution in [1.82, 2.24) is 0 Å². The molecule has 0 atom stereocenters. The van der Waals surface area contributed by atoms with Crippen LogP contribution in [0.1, 0.15) is 45.2 Å². The zero-order valence-corrected chi connectivity index (χ0v) is 19.7. The molecule has 0 aromatic heterocycles. The van der Waals surface area contributed by atoms with Gasteiger partial charge in [0.2, 0.25) is 0 Å². The predicted octanol–water partition coefficient (Wildman–Crippen LogP) is 8.07. The third-order valence-electron chi connectivity index (χ3n) is 2.31. The van der Waals surface area contributed by atoms with Gasteiger partial charge in [-0.2, -0.15) is 0 Å². The van der Waals surface area contributed by atoms with E-state index < -0.39 is 0 Å². The molecule has 0 spiro atoms. The molecule has 0 aliphatic carbocycles. The van der Waals surface area contributed by atoms with E-state index in [1.54, 1.807) is 0 Å². The molecule has 0 fully saturated rings. The highest BCUT2D eigenvalue weighted by Gasteiger charge is 1.96. The van der Waals surface area contributed by atoms with E-state index in [-0.39, 0.29) is 0 Å². The lowest BCUT2D eigenvalue weighted by molar-refractivity contribution is 1.09. The minimum atomic E-state index is 1.04. The molecule has 0 nitrogen and oxygen atoms in total. The van der Waals surface area contributed by atoms with Crippen molar-refractivity contribution in [3.63, 3.8) is 0 Å². The van der Waals surface area contributed by atoms with E-state index in [0.717, 1.165) is 11.1 Å². The number of hydrogen-bond donors (Lipinski definition) is 0. The summed E-state index contributed by atoms with van der Waals surface area (Å²) in [5, 5.41) is 8.40. The zero-order valence-electron chi connectivity index (χ0n) is 13.7. The van der Waals surface area contributed by atoms with Crippen molar-refractivity contribution in [1.29, 1.82) is 0 Å². The van der Waals surface area contributed by atoms with Crippen molar-refractivity contribution in [3.8, 4) is 22.3 Å². The highest BCUT2D eigenvalue weighted by Crippen LogP contribution is 2.18. The van der Waals surface area contributed by atoms with Crippen LogP contribution in [0.2, 0.25) is 0 Å². The quantitative estimate of drug-likeness (QED) is 0.234. The Morgan fingerprint density at radius 2 is 1.17 bits per heavy atom. The molecular formula is C19H20I2S2. The molecule has 0 radical (unpaired) electrons. The zero-order chi connectivity index (χ0) is 17.5. The van der Waals surface area contributed by atoms with Crippen molar-refractivity contribution in [2.24, 2.45) is 0 Å². The maximum Gasteiger partial charge on any atom is 0.0260 e. The van der Waals surface area contributed by atoms with E-state index in [0.29, 0.717) is 0 Å². The summed E-state index contributed by atoms with van der Waals surface area (Å²) in [4.78, 5) is 0. The molecule has 0 aliphatic rings. The van der Waals surface area contributed by atoms with Gasteiger partial charge in [-0.3, -0.25) is 0 Å². The molecule has 23 heavy (non-hydrogen) atoms. The van der Waals surface area contributed by atoms with Crippen LogP contribution in [-0.2, 0) is 0 Å². The summed E-state index contributed by atoms with van der Waals surface area (Å²) in [7, 11) is 3.00. The smallest absolute Gasteiger partial charge is 0.0260 e. The summed E-state index contributed by atoms with van der Waals surface area (Å²) in [5.41, 5.74) is 2.08. The van der Waals surface area contributed by atoms with Crippen molar-refractivity contribution < 1.29 is 0 Å². The molecule has 2 aromatic rings. The van der Waals surface area contributed by atoms with Crippen molar-refractivity contribution in [2.45, 2.75) is 34.1 Å². The van der Waals surface area contributed by atoms with Crippen LogP contribution in [-0.4, -0.2) is 0 Å². The lowest BCUT2D eigenvalue weighted by atomic mass is 10.0. The number of halogens is 2. The molecule has 0 bridgehead atoms. The Morgan fingerprint density at radius 3 is 1.52 bits per heavy atom. The van der Waals surface area contributed by atoms with Gasteiger partial charge in [-0.05, 0) is 63.4 Å². The molecule has 0 unspecified atom stereocenters. The minimum absolute atomic E-state index is 1.04. The topological polar surface area (TPSA) is 0 Å². The highest BCUT2D eigenvalue weighted by molar-refractivity contribution is 14.2. The first-order valence-corrected chi connectivity index (χ1v) is 14.1. The Labute approximate surface area is 173 Å². The summed E-state index contributed by atoms with van der Waals surface area (Å²) in [6.07, 6.45) is 1.25. The first-order valence-electron chi connectivity index (χ1n) is 7.36. The predicted molar refractivity (Wildman–Crippen MR) is 128 cm³/mol. The van der Waals surface area contributed by atoms with Crippen molar-refractivity contribution in [3.05, 3.63) is 47.5 Å². The van der Waals surface area contributed by atoms with Crippen LogP contribution in [0, 0.1) is 22.3 Å². The van der Waals surface area contributed by atoms with Crippen LogP contribution in [0.5, 0.6) is 0 Å². The second-order valence-corrected chi connectivity index (χ2v) is 7.45. The molecule has 0 saturated carbocycles. The van der Waals surface area contributed by atoms with E-state index >= 15 is 0 Å². The molecule has 0 N–H and O–H groups in total. The Kier molecular flexibility index (Phi) is 15.5. The fourth-order valence-electron chi connectivity index (χ4n) is 1.56. The maximum atomic E-state index is 3.11. The monoisotopic (exact) mass is 566 g/mol. The molecule has 0 amide bonds. The van der Waals surface area contributed by atoms with Gasteiger partial charge < -0.3 is 0 Å². The lowest BCUT2D eigenvalue weighted by Crippen LogP contribution is -1.79. The summed E-state index contributed by atoms with van der Waals surface area (Å²) >= 11 is 4.35. The van der Waals surface area contributed by atoms with Crippen LogP contribution < -0.4 is 0 Å². The number of rotatable bonds is 0. The Bertz CT molecular complexity index is 647. The first-order chi connectivity index (χ1) is 11.2. The van der Waals surface area contributed by atoms with E-state index in [9.17, 15) is 0 Å². The van der Waals surface area contributed by atoms with Crippen LogP contribution in [0.3, 0.4) is 0 Å². The van der Waals surface area contributed by atoms with Gasteiger partial charge in [0, 0.05) is 53.5 Å².